The van der Waals surface area contributed by atoms with Crippen LogP contribution in [0.15, 0.2) is 30.3 Å². The molecule has 18 heavy (non-hydrogen) atoms. The minimum absolute atomic E-state index is 0.0559. The molecule has 3 N–H and O–H groups in total. The average Bonchev–Trinajstić information content (AvgIpc) is 2.41. The average molecular weight is 247 g/mol. The van der Waals surface area contributed by atoms with E-state index >= 15 is 0 Å². The summed E-state index contributed by atoms with van der Waals surface area (Å²) in [5.41, 5.74) is 1.25. The number of rotatable bonds is 4. The van der Waals surface area contributed by atoms with E-state index in [1.54, 1.807) is 0 Å². The molecule has 1 saturated heterocycles. The highest BCUT2D eigenvalue weighted by Crippen LogP contribution is 2.01. The van der Waals surface area contributed by atoms with Gasteiger partial charge in [-0.15, -0.1) is 0 Å². The van der Waals surface area contributed by atoms with E-state index in [2.05, 4.69) is 28.1 Å². The molecule has 1 fully saturated rings. The summed E-state index contributed by atoms with van der Waals surface area (Å²) in [4.78, 5) is 11.7. The lowest BCUT2D eigenvalue weighted by atomic mass is 10.1. The molecule has 2 amide bonds. The van der Waals surface area contributed by atoms with Crippen LogP contribution in [0.3, 0.4) is 0 Å². The normalized spacial score (nSPS) is 19.2. The molecular weight excluding hydrogens is 226 g/mol. The van der Waals surface area contributed by atoms with Gasteiger partial charge >= 0.3 is 6.03 Å². The van der Waals surface area contributed by atoms with Gasteiger partial charge in [0.1, 0.15) is 0 Å². The first-order chi connectivity index (χ1) is 8.84. The zero-order chi connectivity index (χ0) is 12.6. The van der Waals surface area contributed by atoms with Gasteiger partial charge in [0.25, 0.3) is 0 Å². The van der Waals surface area contributed by atoms with Crippen LogP contribution < -0.4 is 16.0 Å². The Morgan fingerprint density at radius 1 is 1.33 bits per heavy atom. The summed E-state index contributed by atoms with van der Waals surface area (Å²) in [6.07, 6.45) is 3.07. The lowest BCUT2D eigenvalue weighted by Crippen LogP contribution is -2.49. The number of urea groups is 1. The van der Waals surface area contributed by atoms with Crippen molar-refractivity contribution >= 4 is 6.03 Å². The molecule has 1 atom stereocenters. The molecule has 2 rings (SSSR count). The molecule has 0 aromatic heterocycles. The highest BCUT2D eigenvalue weighted by molar-refractivity contribution is 5.74. The van der Waals surface area contributed by atoms with Gasteiger partial charge in [0.05, 0.1) is 0 Å². The Labute approximate surface area is 108 Å². The van der Waals surface area contributed by atoms with E-state index in [4.69, 9.17) is 0 Å². The van der Waals surface area contributed by atoms with Crippen LogP contribution in [-0.2, 0) is 6.42 Å². The first kappa shape index (κ1) is 12.9. The quantitative estimate of drug-likeness (QED) is 0.751. The SMILES string of the molecule is O=C(NCCc1ccccc1)N[C@H]1CCCNC1. The Morgan fingerprint density at radius 3 is 2.89 bits per heavy atom. The van der Waals surface area contributed by atoms with Gasteiger partial charge in [-0.2, -0.15) is 0 Å². The maximum Gasteiger partial charge on any atom is 0.315 e. The van der Waals surface area contributed by atoms with E-state index in [0.29, 0.717) is 6.54 Å². The number of piperidine rings is 1. The van der Waals surface area contributed by atoms with Crippen molar-refractivity contribution < 1.29 is 4.79 Å². The van der Waals surface area contributed by atoms with E-state index < -0.39 is 0 Å². The molecule has 4 heteroatoms. The summed E-state index contributed by atoms with van der Waals surface area (Å²) in [5.74, 6) is 0. The summed E-state index contributed by atoms with van der Waals surface area (Å²) in [6, 6.07) is 10.4. The molecule has 1 aromatic carbocycles. The van der Waals surface area contributed by atoms with Crippen LogP contribution in [0.1, 0.15) is 18.4 Å². The fraction of sp³-hybridized carbons (Fsp3) is 0.500. The number of hydrogen-bond donors (Lipinski definition) is 3. The molecule has 1 aliphatic rings. The van der Waals surface area contributed by atoms with Crippen LogP contribution in [0.2, 0.25) is 0 Å². The predicted molar refractivity (Wildman–Crippen MR) is 72.6 cm³/mol. The Bertz CT molecular complexity index is 361. The highest BCUT2D eigenvalue weighted by Gasteiger charge is 2.14. The van der Waals surface area contributed by atoms with Crippen molar-refractivity contribution in [3.05, 3.63) is 35.9 Å². The smallest absolute Gasteiger partial charge is 0.315 e. The topological polar surface area (TPSA) is 53.2 Å². The first-order valence-electron chi connectivity index (χ1n) is 6.63. The Balaban J connectivity index is 1.62. The number of nitrogens with one attached hydrogen (secondary N) is 3. The van der Waals surface area contributed by atoms with Gasteiger partial charge in [-0.05, 0) is 31.4 Å². The molecule has 0 spiro atoms. The number of hydrogen-bond acceptors (Lipinski definition) is 2. The van der Waals surface area contributed by atoms with Crippen molar-refractivity contribution in [3.63, 3.8) is 0 Å². The fourth-order valence-corrected chi connectivity index (χ4v) is 2.18. The number of carbonyl (C=O) groups excluding carboxylic acids is 1. The molecule has 1 aliphatic heterocycles. The van der Waals surface area contributed by atoms with Gasteiger partial charge in [-0.1, -0.05) is 30.3 Å². The summed E-state index contributed by atoms with van der Waals surface area (Å²) in [5, 5.41) is 9.17. The lowest BCUT2D eigenvalue weighted by Gasteiger charge is -2.23. The summed E-state index contributed by atoms with van der Waals surface area (Å²) >= 11 is 0. The van der Waals surface area contributed by atoms with Crippen LogP contribution in [0.4, 0.5) is 4.79 Å². The summed E-state index contributed by atoms with van der Waals surface area (Å²) in [7, 11) is 0. The van der Waals surface area contributed by atoms with Crippen molar-refractivity contribution in [1.82, 2.24) is 16.0 Å². The summed E-state index contributed by atoms with van der Waals surface area (Å²) < 4.78 is 0. The molecule has 0 saturated carbocycles. The van der Waals surface area contributed by atoms with E-state index in [1.807, 2.05) is 18.2 Å². The molecule has 0 unspecified atom stereocenters. The molecule has 98 valence electrons. The van der Waals surface area contributed by atoms with E-state index in [0.717, 1.165) is 32.4 Å². The van der Waals surface area contributed by atoms with Crippen molar-refractivity contribution in [2.75, 3.05) is 19.6 Å². The molecule has 1 heterocycles. The second kappa shape index (κ2) is 7.01. The van der Waals surface area contributed by atoms with E-state index in [9.17, 15) is 4.79 Å². The monoisotopic (exact) mass is 247 g/mol. The van der Waals surface area contributed by atoms with Gasteiger partial charge in [-0.25, -0.2) is 4.79 Å². The van der Waals surface area contributed by atoms with Gasteiger partial charge in [0.2, 0.25) is 0 Å². The molecular formula is C14H21N3O. The minimum Gasteiger partial charge on any atom is -0.338 e. The number of carbonyl (C=O) groups is 1. The molecule has 0 radical (unpaired) electrons. The van der Waals surface area contributed by atoms with Gasteiger partial charge < -0.3 is 16.0 Å². The van der Waals surface area contributed by atoms with Crippen molar-refractivity contribution in [3.8, 4) is 0 Å². The first-order valence-corrected chi connectivity index (χ1v) is 6.63. The van der Waals surface area contributed by atoms with Crippen LogP contribution in [0, 0.1) is 0 Å². The summed E-state index contributed by atoms with van der Waals surface area (Å²) in [6.45, 7) is 2.62. The van der Waals surface area contributed by atoms with Gasteiger partial charge in [-0.3, -0.25) is 0 Å². The number of benzene rings is 1. The standard InChI is InChI=1S/C14H21N3O/c18-14(17-13-7-4-9-15-11-13)16-10-8-12-5-2-1-3-6-12/h1-3,5-6,13,15H,4,7-11H2,(H2,16,17,18)/t13-/m0/s1. The maximum absolute atomic E-state index is 11.7. The van der Waals surface area contributed by atoms with Crippen LogP contribution in [0.25, 0.3) is 0 Å². The van der Waals surface area contributed by atoms with Crippen molar-refractivity contribution in [1.29, 1.82) is 0 Å². The molecule has 4 nitrogen and oxygen atoms in total. The fourth-order valence-electron chi connectivity index (χ4n) is 2.18. The zero-order valence-corrected chi connectivity index (χ0v) is 10.6. The second-order valence-corrected chi connectivity index (χ2v) is 4.68. The largest absolute Gasteiger partial charge is 0.338 e. The Morgan fingerprint density at radius 2 is 2.17 bits per heavy atom. The van der Waals surface area contributed by atoms with Gasteiger partial charge in [0.15, 0.2) is 0 Å². The molecule has 0 bridgehead atoms. The van der Waals surface area contributed by atoms with Crippen molar-refractivity contribution in [2.45, 2.75) is 25.3 Å². The molecule has 0 aliphatic carbocycles. The molecule has 1 aromatic rings. The third-order valence-electron chi connectivity index (χ3n) is 3.17. The van der Waals surface area contributed by atoms with Crippen LogP contribution in [-0.4, -0.2) is 31.7 Å². The third-order valence-corrected chi connectivity index (χ3v) is 3.17. The van der Waals surface area contributed by atoms with E-state index in [1.165, 1.54) is 5.56 Å². The lowest BCUT2D eigenvalue weighted by molar-refractivity contribution is 0.234. The minimum atomic E-state index is -0.0559. The maximum atomic E-state index is 11.7. The van der Waals surface area contributed by atoms with E-state index in [-0.39, 0.29) is 12.1 Å². The Hall–Kier alpha value is -1.55. The zero-order valence-electron chi connectivity index (χ0n) is 10.6. The number of amides is 2. The Kier molecular flexibility index (Phi) is 5.02. The van der Waals surface area contributed by atoms with Crippen LogP contribution in [0.5, 0.6) is 0 Å². The van der Waals surface area contributed by atoms with Gasteiger partial charge in [0, 0.05) is 19.1 Å². The predicted octanol–water partition coefficient (Wildman–Crippen LogP) is 1.28. The van der Waals surface area contributed by atoms with Crippen LogP contribution >= 0.6 is 0 Å². The second-order valence-electron chi connectivity index (χ2n) is 4.68. The van der Waals surface area contributed by atoms with Crippen molar-refractivity contribution in [2.24, 2.45) is 0 Å². The highest BCUT2D eigenvalue weighted by atomic mass is 16.2. The third kappa shape index (κ3) is 4.37.